The second-order valence-corrected chi connectivity index (χ2v) is 7.41. The number of halogens is 1. The van der Waals surface area contributed by atoms with Crippen molar-refractivity contribution in [1.82, 2.24) is 15.0 Å². The molecule has 1 saturated heterocycles. The van der Waals surface area contributed by atoms with Crippen LogP contribution >= 0.6 is 11.3 Å². The lowest BCUT2D eigenvalue weighted by Gasteiger charge is -2.30. The van der Waals surface area contributed by atoms with Gasteiger partial charge in [-0.05, 0) is 38.0 Å². The van der Waals surface area contributed by atoms with Gasteiger partial charge in [-0.1, -0.05) is 5.16 Å². The van der Waals surface area contributed by atoms with E-state index in [1.54, 1.807) is 17.2 Å². The number of thiazole rings is 1. The number of benzene rings is 1. The monoisotopic (exact) mass is 360 g/mol. The average Bonchev–Trinajstić information content (AvgIpc) is 3.20. The summed E-state index contributed by atoms with van der Waals surface area (Å²) < 4.78 is 18.8. The van der Waals surface area contributed by atoms with Crippen LogP contribution in [0.4, 0.5) is 14.3 Å². The summed E-state index contributed by atoms with van der Waals surface area (Å²) in [5.41, 5.74) is 1.38. The maximum absolute atomic E-state index is 13.5. The Kier molecular flexibility index (Phi) is 4.12. The number of carbonyl (C=O) groups is 1. The number of hydrogen-bond donors (Lipinski definition) is 1. The van der Waals surface area contributed by atoms with Gasteiger partial charge in [0.1, 0.15) is 5.82 Å². The Hall–Kier alpha value is -2.48. The first kappa shape index (κ1) is 16.0. The summed E-state index contributed by atoms with van der Waals surface area (Å²) >= 11 is 1.45. The molecule has 1 aliphatic heterocycles. The van der Waals surface area contributed by atoms with Crippen LogP contribution in [0.3, 0.4) is 0 Å². The number of urea groups is 1. The zero-order valence-electron chi connectivity index (χ0n) is 13.7. The van der Waals surface area contributed by atoms with E-state index in [4.69, 9.17) is 4.52 Å². The number of nitrogens with one attached hydrogen (secondary N) is 1. The molecular weight excluding hydrogens is 343 g/mol. The Labute approximate surface area is 147 Å². The van der Waals surface area contributed by atoms with Gasteiger partial charge in [-0.3, -0.25) is 5.32 Å². The van der Waals surface area contributed by atoms with Crippen molar-refractivity contribution < 1.29 is 13.7 Å². The molecule has 1 aliphatic rings. The first-order chi connectivity index (χ1) is 12.1. The summed E-state index contributed by atoms with van der Waals surface area (Å²) in [4.78, 5) is 19.3. The van der Waals surface area contributed by atoms with E-state index in [2.05, 4.69) is 15.5 Å². The molecule has 0 saturated carbocycles. The van der Waals surface area contributed by atoms with Gasteiger partial charge in [-0.2, -0.15) is 0 Å². The van der Waals surface area contributed by atoms with Crippen molar-refractivity contribution in [2.24, 2.45) is 0 Å². The Bertz CT molecular complexity index is 914. The molecule has 1 aromatic carbocycles. The van der Waals surface area contributed by atoms with Crippen molar-refractivity contribution in [1.29, 1.82) is 0 Å². The van der Waals surface area contributed by atoms with Crippen LogP contribution in [-0.4, -0.2) is 34.2 Å². The lowest BCUT2D eigenvalue weighted by atomic mass is 9.92. The van der Waals surface area contributed by atoms with Crippen LogP contribution in [0.1, 0.15) is 29.3 Å². The van der Waals surface area contributed by atoms with E-state index in [9.17, 15) is 9.18 Å². The van der Waals surface area contributed by atoms with Crippen LogP contribution in [0.5, 0.6) is 0 Å². The van der Waals surface area contributed by atoms with Gasteiger partial charge < -0.3 is 9.42 Å². The number of fused-ring (bicyclic) bond motifs is 1. The molecule has 130 valence electrons. The van der Waals surface area contributed by atoms with Crippen molar-refractivity contribution in [3.8, 4) is 0 Å². The van der Waals surface area contributed by atoms with Crippen LogP contribution in [0, 0.1) is 12.7 Å². The van der Waals surface area contributed by atoms with Gasteiger partial charge in [-0.15, -0.1) is 11.3 Å². The normalized spacial score (nSPS) is 15.7. The van der Waals surface area contributed by atoms with Crippen molar-refractivity contribution in [3.05, 3.63) is 40.8 Å². The number of carbonyl (C=O) groups excluding carboxylic acids is 1. The second kappa shape index (κ2) is 6.44. The maximum Gasteiger partial charge on any atom is 0.323 e. The highest BCUT2D eigenvalue weighted by Gasteiger charge is 2.27. The van der Waals surface area contributed by atoms with Crippen molar-refractivity contribution in [2.45, 2.75) is 25.7 Å². The molecule has 0 aliphatic carbocycles. The molecule has 0 radical (unpaired) electrons. The van der Waals surface area contributed by atoms with Crippen molar-refractivity contribution >= 4 is 33.5 Å². The number of likely N-dealkylation sites (tertiary alicyclic amines) is 1. The molecule has 4 rings (SSSR count). The lowest BCUT2D eigenvalue weighted by Crippen LogP contribution is -2.40. The molecule has 2 amide bonds. The van der Waals surface area contributed by atoms with Crippen LogP contribution in [0.2, 0.25) is 0 Å². The Balaban J connectivity index is 1.42. The summed E-state index contributed by atoms with van der Waals surface area (Å²) in [5.74, 6) is -0.137. The quantitative estimate of drug-likeness (QED) is 0.745. The molecule has 8 heteroatoms. The summed E-state index contributed by atoms with van der Waals surface area (Å²) in [6.45, 7) is 3.18. The Morgan fingerprint density at radius 2 is 2.20 bits per heavy atom. The molecule has 6 nitrogen and oxygen atoms in total. The Morgan fingerprint density at radius 1 is 1.40 bits per heavy atom. The largest absolute Gasteiger partial charge is 0.356 e. The zero-order valence-corrected chi connectivity index (χ0v) is 14.5. The van der Waals surface area contributed by atoms with Crippen LogP contribution in [0.25, 0.3) is 11.0 Å². The number of rotatable bonds is 2. The fourth-order valence-electron chi connectivity index (χ4n) is 3.16. The second-order valence-electron chi connectivity index (χ2n) is 6.18. The molecule has 0 atom stereocenters. The van der Waals surface area contributed by atoms with Gasteiger partial charge in [0.15, 0.2) is 10.7 Å². The zero-order chi connectivity index (χ0) is 17.4. The molecule has 0 unspecified atom stereocenters. The maximum atomic E-state index is 13.5. The molecule has 2 aromatic heterocycles. The van der Waals surface area contributed by atoms with Gasteiger partial charge in [0.2, 0.25) is 0 Å². The molecule has 3 heterocycles. The SMILES string of the molecule is Cc1cnc(NC(=O)N2CCC(c3noc4ccc(F)cc34)CC2)s1. The van der Waals surface area contributed by atoms with Gasteiger partial charge in [0, 0.05) is 35.5 Å². The van der Waals surface area contributed by atoms with Gasteiger partial charge in [0.05, 0.1) is 5.69 Å². The minimum absolute atomic E-state index is 0.135. The molecule has 1 fully saturated rings. The molecule has 25 heavy (non-hydrogen) atoms. The lowest BCUT2D eigenvalue weighted by molar-refractivity contribution is 0.193. The topological polar surface area (TPSA) is 71.3 Å². The minimum atomic E-state index is -0.299. The molecule has 0 spiro atoms. The molecule has 3 aromatic rings. The van der Waals surface area contributed by atoms with E-state index < -0.39 is 0 Å². The Morgan fingerprint density at radius 3 is 2.92 bits per heavy atom. The summed E-state index contributed by atoms with van der Waals surface area (Å²) in [7, 11) is 0. The fourth-order valence-corrected chi connectivity index (χ4v) is 3.82. The molecular formula is C17H17FN4O2S. The van der Waals surface area contributed by atoms with Gasteiger partial charge in [-0.25, -0.2) is 14.2 Å². The van der Waals surface area contributed by atoms with Crippen LogP contribution in [-0.2, 0) is 0 Å². The number of aromatic nitrogens is 2. The number of hydrogen-bond acceptors (Lipinski definition) is 5. The number of anilines is 1. The summed E-state index contributed by atoms with van der Waals surface area (Å²) in [6, 6.07) is 4.29. The fraction of sp³-hybridized carbons (Fsp3) is 0.353. The standard InChI is InChI=1S/C17H17FN4O2S/c1-10-9-19-16(25-10)20-17(23)22-6-4-11(5-7-22)15-13-8-12(18)2-3-14(13)24-21-15/h2-3,8-9,11H,4-7H2,1H3,(H,19,20,23). The van der Waals surface area contributed by atoms with Crippen molar-refractivity contribution in [2.75, 3.05) is 18.4 Å². The van der Waals surface area contributed by atoms with E-state index in [0.29, 0.717) is 23.8 Å². The minimum Gasteiger partial charge on any atom is -0.356 e. The van der Waals surface area contributed by atoms with Crippen molar-refractivity contribution in [3.63, 3.8) is 0 Å². The number of piperidine rings is 1. The third-order valence-electron chi connectivity index (χ3n) is 4.46. The highest BCUT2D eigenvalue weighted by Crippen LogP contribution is 2.33. The number of nitrogens with zero attached hydrogens (tertiary/aromatic N) is 3. The van der Waals surface area contributed by atoms with E-state index in [0.717, 1.165) is 28.8 Å². The third-order valence-corrected chi connectivity index (χ3v) is 5.29. The van der Waals surface area contributed by atoms with E-state index in [1.807, 2.05) is 6.92 Å². The average molecular weight is 360 g/mol. The van der Waals surface area contributed by atoms with Crippen LogP contribution < -0.4 is 5.32 Å². The summed E-state index contributed by atoms with van der Waals surface area (Å²) in [6.07, 6.45) is 3.27. The van der Waals surface area contributed by atoms with E-state index >= 15 is 0 Å². The highest BCUT2D eigenvalue weighted by molar-refractivity contribution is 7.15. The van der Waals surface area contributed by atoms with E-state index in [1.165, 1.54) is 23.5 Å². The van der Waals surface area contributed by atoms with E-state index in [-0.39, 0.29) is 17.8 Å². The molecule has 1 N–H and O–H groups in total. The number of amides is 2. The first-order valence-corrected chi connectivity index (χ1v) is 8.95. The predicted octanol–water partition coefficient (Wildman–Crippen LogP) is 4.14. The number of aryl methyl sites for hydroxylation is 1. The molecule has 0 bridgehead atoms. The van der Waals surface area contributed by atoms with Gasteiger partial charge in [0.25, 0.3) is 0 Å². The van der Waals surface area contributed by atoms with Crippen LogP contribution in [0.15, 0.2) is 28.9 Å². The smallest absolute Gasteiger partial charge is 0.323 e. The predicted molar refractivity (Wildman–Crippen MR) is 93.4 cm³/mol. The summed E-state index contributed by atoms with van der Waals surface area (Å²) in [5, 5.41) is 8.30. The first-order valence-electron chi connectivity index (χ1n) is 8.13. The third kappa shape index (κ3) is 3.21. The van der Waals surface area contributed by atoms with Gasteiger partial charge >= 0.3 is 6.03 Å². The highest BCUT2D eigenvalue weighted by atomic mass is 32.1.